The van der Waals surface area contributed by atoms with E-state index in [1.165, 1.54) is 4.57 Å². The van der Waals surface area contributed by atoms with E-state index in [4.69, 9.17) is 4.42 Å². The number of fused-ring (bicyclic) bond motifs is 1. The average Bonchev–Trinajstić information content (AvgIpc) is 3.01. The molecule has 2 aromatic carbocycles. The summed E-state index contributed by atoms with van der Waals surface area (Å²) >= 11 is 0. The SMILES string of the molecule is CC[C@@H](C)NC(=O)c1cccc(CNC(=O)Cn2c(=O)oc3ccccc32)c1. The molecule has 2 amide bonds. The molecule has 7 heteroatoms. The molecule has 7 nitrogen and oxygen atoms in total. The lowest BCUT2D eigenvalue weighted by Gasteiger charge is -2.12. The van der Waals surface area contributed by atoms with Crippen LogP contribution in [0.2, 0.25) is 0 Å². The van der Waals surface area contributed by atoms with E-state index in [1.54, 1.807) is 42.5 Å². The summed E-state index contributed by atoms with van der Waals surface area (Å²) < 4.78 is 6.42. The molecule has 2 N–H and O–H groups in total. The quantitative estimate of drug-likeness (QED) is 0.657. The molecule has 0 fully saturated rings. The van der Waals surface area contributed by atoms with E-state index in [2.05, 4.69) is 10.6 Å². The number of hydrogen-bond donors (Lipinski definition) is 2. The lowest BCUT2D eigenvalue weighted by atomic mass is 10.1. The Balaban J connectivity index is 1.63. The van der Waals surface area contributed by atoms with Gasteiger partial charge in [-0.3, -0.25) is 14.2 Å². The van der Waals surface area contributed by atoms with E-state index in [0.29, 0.717) is 16.7 Å². The van der Waals surface area contributed by atoms with Crippen molar-refractivity contribution in [2.75, 3.05) is 0 Å². The summed E-state index contributed by atoms with van der Waals surface area (Å²) in [5.74, 6) is -1.03. The Kier molecular flexibility index (Phi) is 5.93. The van der Waals surface area contributed by atoms with Crippen LogP contribution in [0.4, 0.5) is 0 Å². The minimum absolute atomic E-state index is 0.0963. The molecule has 0 aliphatic carbocycles. The number of carbonyl (C=O) groups is 2. The highest BCUT2D eigenvalue weighted by Gasteiger charge is 2.13. The van der Waals surface area contributed by atoms with Crippen molar-refractivity contribution in [2.24, 2.45) is 0 Å². The number of carbonyl (C=O) groups excluding carboxylic acids is 2. The maximum atomic E-state index is 12.3. The number of benzene rings is 2. The van der Waals surface area contributed by atoms with Gasteiger partial charge < -0.3 is 15.1 Å². The number of amides is 2. The Morgan fingerprint density at radius 3 is 2.71 bits per heavy atom. The number of rotatable bonds is 7. The first-order chi connectivity index (χ1) is 13.5. The van der Waals surface area contributed by atoms with E-state index >= 15 is 0 Å². The Bertz CT molecular complexity index is 1050. The molecule has 0 unspecified atom stereocenters. The van der Waals surface area contributed by atoms with E-state index in [-0.39, 0.29) is 30.9 Å². The molecule has 0 aliphatic heterocycles. The lowest BCUT2D eigenvalue weighted by molar-refractivity contribution is -0.121. The normalized spacial score (nSPS) is 11.9. The van der Waals surface area contributed by atoms with Crippen LogP contribution in [-0.2, 0) is 17.9 Å². The number of aromatic nitrogens is 1. The molecule has 3 rings (SSSR count). The largest absolute Gasteiger partial charge is 0.420 e. The van der Waals surface area contributed by atoms with E-state index in [1.807, 2.05) is 19.9 Å². The average molecular weight is 381 g/mol. The molecule has 28 heavy (non-hydrogen) atoms. The summed E-state index contributed by atoms with van der Waals surface area (Å²) in [6.07, 6.45) is 0.851. The van der Waals surface area contributed by atoms with Gasteiger partial charge in [-0.1, -0.05) is 31.2 Å². The van der Waals surface area contributed by atoms with Crippen LogP contribution >= 0.6 is 0 Å². The summed E-state index contributed by atoms with van der Waals surface area (Å²) in [7, 11) is 0. The van der Waals surface area contributed by atoms with Crippen molar-refractivity contribution in [3.63, 3.8) is 0 Å². The Morgan fingerprint density at radius 1 is 1.14 bits per heavy atom. The van der Waals surface area contributed by atoms with Crippen LogP contribution < -0.4 is 16.4 Å². The molecule has 1 aromatic heterocycles. The van der Waals surface area contributed by atoms with Crippen molar-refractivity contribution in [3.8, 4) is 0 Å². The fourth-order valence-corrected chi connectivity index (χ4v) is 2.80. The Morgan fingerprint density at radius 2 is 1.93 bits per heavy atom. The monoisotopic (exact) mass is 381 g/mol. The topological polar surface area (TPSA) is 93.3 Å². The highest BCUT2D eigenvalue weighted by atomic mass is 16.4. The van der Waals surface area contributed by atoms with Gasteiger partial charge in [0.25, 0.3) is 5.91 Å². The van der Waals surface area contributed by atoms with Gasteiger partial charge in [-0.25, -0.2) is 4.79 Å². The van der Waals surface area contributed by atoms with E-state index in [9.17, 15) is 14.4 Å². The zero-order valence-corrected chi connectivity index (χ0v) is 15.9. The zero-order valence-electron chi connectivity index (χ0n) is 15.9. The first-order valence-corrected chi connectivity index (χ1v) is 9.22. The second-order valence-corrected chi connectivity index (χ2v) is 6.68. The third-order valence-corrected chi connectivity index (χ3v) is 4.54. The van der Waals surface area contributed by atoms with Gasteiger partial charge in [0.15, 0.2) is 5.58 Å². The lowest BCUT2D eigenvalue weighted by Crippen LogP contribution is -2.32. The van der Waals surface area contributed by atoms with Crippen molar-refractivity contribution in [3.05, 3.63) is 70.2 Å². The number of nitrogens with one attached hydrogen (secondary N) is 2. The second kappa shape index (κ2) is 8.56. The Labute approximate surface area is 162 Å². The van der Waals surface area contributed by atoms with Crippen molar-refractivity contribution >= 4 is 22.9 Å². The predicted molar refractivity (Wildman–Crippen MR) is 106 cm³/mol. The van der Waals surface area contributed by atoms with Crippen LogP contribution in [0.15, 0.2) is 57.7 Å². The van der Waals surface area contributed by atoms with Gasteiger partial charge in [-0.15, -0.1) is 0 Å². The predicted octanol–water partition coefficient (Wildman–Crippen LogP) is 2.44. The summed E-state index contributed by atoms with van der Waals surface area (Å²) in [5.41, 5.74) is 2.37. The van der Waals surface area contributed by atoms with Crippen LogP contribution in [-0.4, -0.2) is 22.4 Å². The van der Waals surface area contributed by atoms with Gasteiger partial charge in [-0.2, -0.15) is 0 Å². The maximum absolute atomic E-state index is 12.3. The number of oxazole rings is 1. The fourth-order valence-electron chi connectivity index (χ4n) is 2.80. The van der Waals surface area contributed by atoms with Crippen molar-refractivity contribution < 1.29 is 14.0 Å². The summed E-state index contributed by atoms with van der Waals surface area (Å²) in [6, 6.07) is 14.1. The maximum Gasteiger partial charge on any atom is 0.420 e. The van der Waals surface area contributed by atoms with Gasteiger partial charge in [-0.05, 0) is 43.2 Å². The van der Waals surface area contributed by atoms with Gasteiger partial charge >= 0.3 is 5.76 Å². The number of para-hydroxylation sites is 2. The first kappa shape index (κ1) is 19.4. The van der Waals surface area contributed by atoms with Crippen molar-refractivity contribution in [1.82, 2.24) is 15.2 Å². The number of nitrogens with zero attached hydrogens (tertiary/aromatic N) is 1. The van der Waals surface area contributed by atoms with Crippen LogP contribution in [0.3, 0.4) is 0 Å². The van der Waals surface area contributed by atoms with E-state index in [0.717, 1.165) is 12.0 Å². The Hall–Kier alpha value is -3.35. The molecule has 3 aromatic rings. The molecule has 0 spiro atoms. The summed E-state index contributed by atoms with van der Waals surface area (Å²) in [4.78, 5) is 36.5. The van der Waals surface area contributed by atoms with Gasteiger partial charge in [0.1, 0.15) is 6.54 Å². The van der Waals surface area contributed by atoms with Crippen LogP contribution in [0.25, 0.3) is 11.1 Å². The third kappa shape index (κ3) is 4.49. The van der Waals surface area contributed by atoms with Gasteiger partial charge in [0.05, 0.1) is 5.52 Å². The fraction of sp³-hybridized carbons (Fsp3) is 0.286. The molecule has 0 saturated heterocycles. The zero-order chi connectivity index (χ0) is 20.1. The second-order valence-electron chi connectivity index (χ2n) is 6.68. The molecule has 1 atom stereocenters. The highest BCUT2D eigenvalue weighted by Crippen LogP contribution is 2.11. The van der Waals surface area contributed by atoms with Crippen LogP contribution in [0, 0.1) is 0 Å². The van der Waals surface area contributed by atoms with Gasteiger partial charge in [0.2, 0.25) is 5.91 Å². The standard InChI is InChI=1S/C21H23N3O4/c1-3-14(2)23-20(26)16-8-6-7-15(11-16)12-22-19(25)13-24-17-9-4-5-10-18(17)28-21(24)27/h4-11,14H,3,12-13H2,1-2H3,(H,22,25)(H,23,26)/t14-/m1/s1. The molecule has 0 radical (unpaired) electrons. The van der Waals surface area contributed by atoms with Crippen molar-refractivity contribution in [1.29, 1.82) is 0 Å². The minimum Gasteiger partial charge on any atom is -0.408 e. The molecule has 0 saturated carbocycles. The highest BCUT2D eigenvalue weighted by molar-refractivity contribution is 5.94. The number of hydrogen-bond acceptors (Lipinski definition) is 4. The molecule has 1 heterocycles. The molecular formula is C21H23N3O4. The first-order valence-electron chi connectivity index (χ1n) is 9.22. The third-order valence-electron chi connectivity index (χ3n) is 4.54. The smallest absolute Gasteiger partial charge is 0.408 e. The molecule has 0 bridgehead atoms. The summed E-state index contributed by atoms with van der Waals surface area (Å²) in [5, 5.41) is 5.69. The van der Waals surface area contributed by atoms with Crippen LogP contribution in [0.1, 0.15) is 36.2 Å². The molecular weight excluding hydrogens is 358 g/mol. The minimum atomic E-state index is -0.569. The van der Waals surface area contributed by atoms with Crippen LogP contribution in [0.5, 0.6) is 0 Å². The van der Waals surface area contributed by atoms with Gasteiger partial charge in [0, 0.05) is 18.2 Å². The summed E-state index contributed by atoms with van der Waals surface area (Å²) in [6.45, 7) is 4.08. The molecule has 146 valence electrons. The van der Waals surface area contributed by atoms with Crippen molar-refractivity contribution in [2.45, 2.75) is 39.4 Å². The molecule has 0 aliphatic rings. The van der Waals surface area contributed by atoms with E-state index < -0.39 is 5.76 Å².